The summed E-state index contributed by atoms with van der Waals surface area (Å²) in [6.45, 7) is 7.30. The Morgan fingerprint density at radius 2 is 2.00 bits per heavy atom. The van der Waals surface area contributed by atoms with Gasteiger partial charge in [0.1, 0.15) is 0 Å². The molecule has 1 aliphatic rings. The maximum Gasteiger partial charge on any atom is 0.170 e. The Morgan fingerprint density at radius 3 is 2.88 bits per heavy atom. The van der Waals surface area contributed by atoms with Gasteiger partial charge < -0.3 is 15.5 Å². The van der Waals surface area contributed by atoms with Gasteiger partial charge in [-0.15, -0.1) is 0 Å². The Labute approximate surface area is 156 Å². The highest BCUT2D eigenvalue weighted by Crippen LogP contribution is 2.26. The number of benzene rings is 2. The molecule has 0 saturated heterocycles. The predicted octanol–water partition coefficient (Wildman–Crippen LogP) is 4.43. The molecule has 0 atom stereocenters. The minimum Gasteiger partial charge on any atom is -0.371 e. The summed E-state index contributed by atoms with van der Waals surface area (Å²) in [4.78, 5) is 2.50. The fourth-order valence-electron chi connectivity index (χ4n) is 3.35. The SMILES string of the molecule is Cc1ccc(C)c(NC(=S)NCCCN2CCCc3ccccc32)c1. The average molecular weight is 354 g/mol. The number of anilines is 2. The number of nitrogens with one attached hydrogen (secondary N) is 2. The molecule has 0 radical (unpaired) electrons. The van der Waals surface area contributed by atoms with Crippen molar-refractivity contribution >= 4 is 28.7 Å². The third-order valence-corrected chi connectivity index (χ3v) is 4.98. The van der Waals surface area contributed by atoms with Crippen molar-refractivity contribution < 1.29 is 0 Å². The maximum absolute atomic E-state index is 5.44. The van der Waals surface area contributed by atoms with Crippen molar-refractivity contribution in [2.45, 2.75) is 33.1 Å². The van der Waals surface area contributed by atoms with E-state index < -0.39 is 0 Å². The first-order valence-electron chi connectivity index (χ1n) is 9.08. The number of rotatable bonds is 5. The first kappa shape index (κ1) is 17.7. The average Bonchev–Trinajstić information content (AvgIpc) is 2.62. The van der Waals surface area contributed by atoms with Gasteiger partial charge in [0.25, 0.3) is 0 Å². The lowest BCUT2D eigenvalue weighted by Gasteiger charge is -2.31. The Kier molecular flexibility index (Phi) is 5.92. The second kappa shape index (κ2) is 8.34. The number of aryl methyl sites for hydroxylation is 3. The molecule has 132 valence electrons. The molecular weight excluding hydrogens is 326 g/mol. The molecule has 0 unspecified atom stereocenters. The first-order valence-corrected chi connectivity index (χ1v) is 9.49. The van der Waals surface area contributed by atoms with E-state index in [1.807, 2.05) is 0 Å². The maximum atomic E-state index is 5.44. The molecule has 3 nitrogen and oxygen atoms in total. The van der Waals surface area contributed by atoms with E-state index in [1.54, 1.807) is 0 Å². The van der Waals surface area contributed by atoms with Crippen molar-refractivity contribution in [1.29, 1.82) is 0 Å². The van der Waals surface area contributed by atoms with Gasteiger partial charge in [-0.05, 0) is 74.2 Å². The topological polar surface area (TPSA) is 27.3 Å². The fraction of sp³-hybridized carbons (Fsp3) is 0.381. The van der Waals surface area contributed by atoms with Crippen molar-refractivity contribution in [1.82, 2.24) is 5.32 Å². The number of nitrogens with zero attached hydrogens (tertiary/aromatic N) is 1. The summed E-state index contributed by atoms with van der Waals surface area (Å²) in [5.41, 5.74) is 6.42. The van der Waals surface area contributed by atoms with Crippen molar-refractivity contribution in [2.24, 2.45) is 0 Å². The van der Waals surface area contributed by atoms with E-state index in [2.05, 4.69) is 71.8 Å². The molecule has 2 N–H and O–H groups in total. The molecule has 25 heavy (non-hydrogen) atoms. The largest absolute Gasteiger partial charge is 0.371 e. The summed E-state index contributed by atoms with van der Waals surface area (Å²) >= 11 is 5.44. The second-order valence-corrected chi connectivity index (χ2v) is 7.18. The monoisotopic (exact) mass is 353 g/mol. The van der Waals surface area contributed by atoms with E-state index in [-0.39, 0.29) is 0 Å². The molecule has 0 saturated carbocycles. The summed E-state index contributed by atoms with van der Waals surface area (Å²) in [7, 11) is 0. The summed E-state index contributed by atoms with van der Waals surface area (Å²) in [6, 6.07) is 15.1. The van der Waals surface area contributed by atoms with Crippen LogP contribution in [0, 0.1) is 13.8 Å². The third kappa shape index (κ3) is 4.73. The van der Waals surface area contributed by atoms with Crippen LogP contribution < -0.4 is 15.5 Å². The summed E-state index contributed by atoms with van der Waals surface area (Å²) in [5.74, 6) is 0. The Bertz CT molecular complexity index is 742. The van der Waals surface area contributed by atoms with Crippen LogP contribution in [0.25, 0.3) is 0 Å². The van der Waals surface area contributed by atoms with Gasteiger partial charge in [-0.1, -0.05) is 30.3 Å². The van der Waals surface area contributed by atoms with Gasteiger partial charge in [-0.3, -0.25) is 0 Å². The number of fused-ring (bicyclic) bond motifs is 1. The van der Waals surface area contributed by atoms with Gasteiger partial charge >= 0.3 is 0 Å². The summed E-state index contributed by atoms with van der Waals surface area (Å²) < 4.78 is 0. The minimum absolute atomic E-state index is 0.702. The van der Waals surface area contributed by atoms with Crippen molar-refractivity contribution in [2.75, 3.05) is 29.9 Å². The van der Waals surface area contributed by atoms with E-state index in [0.717, 1.165) is 31.7 Å². The van der Waals surface area contributed by atoms with Crippen LogP contribution in [0.1, 0.15) is 29.5 Å². The fourth-order valence-corrected chi connectivity index (χ4v) is 3.56. The van der Waals surface area contributed by atoms with Crippen LogP contribution >= 0.6 is 12.2 Å². The van der Waals surface area contributed by atoms with E-state index in [4.69, 9.17) is 12.2 Å². The van der Waals surface area contributed by atoms with Crippen LogP contribution in [-0.2, 0) is 6.42 Å². The lowest BCUT2D eigenvalue weighted by molar-refractivity contribution is 0.658. The van der Waals surface area contributed by atoms with Crippen LogP contribution in [0.4, 0.5) is 11.4 Å². The molecule has 0 spiro atoms. The highest BCUT2D eigenvalue weighted by atomic mass is 32.1. The normalized spacial score (nSPS) is 13.3. The van der Waals surface area contributed by atoms with Crippen LogP contribution in [0.5, 0.6) is 0 Å². The van der Waals surface area contributed by atoms with Gasteiger partial charge in [0.15, 0.2) is 5.11 Å². The van der Waals surface area contributed by atoms with Crippen LogP contribution in [0.15, 0.2) is 42.5 Å². The molecular formula is C21H27N3S. The number of thiocarbonyl (C=S) groups is 1. The quantitative estimate of drug-likeness (QED) is 0.614. The summed E-state index contributed by atoms with van der Waals surface area (Å²) in [6.07, 6.45) is 3.52. The molecule has 1 heterocycles. The lowest BCUT2D eigenvalue weighted by Crippen LogP contribution is -2.34. The number of para-hydroxylation sites is 1. The van der Waals surface area contributed by atoms with E-state index in [1.165, 1.54) is 35.2 Å². The lowest BCUT2D eigenvalue weighted by atomic mass is 10.0. The molecule has 4 heteroatoms. The molecule has 0 fully saturated rings. The zero-order valence-corrected chi connectivity index (χ0v) is 16.0. The minimum atomic E-state index is 0.702. The highest BCUT2D eigenvalue weighted by molar-refractivity contribution is 7.80. The highest BCUT2D eigenvalue weighted by Gasteiger charge is 2.15. The molecule has 2 aromatic carbocycles. The molecule has 1 aliphatic heterocycles. The molecule has 0 aromatic heterocycles. The first-order chi connectivity index (χ1) is 12.1. The molecule has 2 aromatic rings. The zero-order chi connectivity index (χ0) is 17.6. The van der Waals surface area contributed by atoms with Gasteiger partial charge in [0, 0.05) is 31.0 Å². The Balaban J connectivity index is 1.44. The van der Waals surface area contributed by atoms with Gasteiger partial charge in [-0.25, -0.2) is 0 Å². The van der Waals surface area contributed by atoms with Gasteiger partial charge in [0.2, 0.25) is 0 Å². The molecule has 0 amide bonds. The number of hydrogen-bond acceptors (Lipinski definition) is 2. The van der Waals surface area contributed by atoms with E-state index >= 15 is 0 Å². The third-order valence-electron chi connectivity index (χ3n) is 4.74. The van der Waals surface area contributed by atoms with Crippen LogP contribution in [0.2, 0.25) is 0 Å². The predicted molar refractivity (Wildman–Crippen MR) is 112 cm³/mol. The van der Waals surface area contributed by atoms with Crippen molar-refractivity contribution in [3.63, 3.8) is 0 Å². The van der Waals surface area contributed by atoms with Crippen molar-refractivity contribution in [3.05, 3.63) is 59.2 Å². The molecule has 0 aliphatic carbocycles. The smallest absolute Gasteiger partial charge is 0.170 e. The standard InChI is InChI=1S/C21H27N3S/c1-16-10-11-17(2)19(15-16)23-21(25)22-12-6-14-24-13-5-8-18-7-3-4-9-20(18)24/h3-4,7,9-11,15H,5-6,8,12-14H2,1-2H3,(H2,22,23,25). The Hall–Kier alpha value is -2.07. The molecule has 0 bridgehead atoms. The van der Waals surface area contributed by atoms with E-state index in [9.17, 15) is 0 Å². The van der Waals surface area contributed by atoms with Crippen LogP contribution in [-0.4, -0.2) is 24.7 Å². The summed E-state index contributed by atoms with van der Waals surface area (Å²) in [5, 5.41) is 7.35. The Morgan fingerprint density at radius 1 is 1.16 bits per heavy atom. The van der Waals surface area contributed by atoms with Gasteiger partial charge in [-0.2, -0.15) is 0 Å². The zero-order valence-electron chi connectivity index (χ0n) is 15.1. The van der Waals surface area contributed by atoms with Crippen molar-refractivity contribution in [3.8, 4) is 0 Å². The molecule has 3 rings (SSSR count). The van der Waals surface area contributed by atoms with E-state index in [0.29, 0.717) is 5.11 Å². The number of hydrogen-bond donors (Lipinski definition) is 2. The van der Waals surface area contributed by atoms with Gasteiger partial charge in [0.05, 0.1) is 0 Å². The van der Waals surface area contributed by atoms with Crippen LogP contribution in [0.3, 0.4) is 0 Å². The second-order valence-electron chi connectivity index (χ2n) is 6.77.